The molecule has 0 aliphatic carbocycles. The van der Waals surface area contributed by atoms with Crippen LogP contribution in [0.3, 0.4) is 0 Å². The van der Waals surface area contributed by atoms with Crippen LogP contribution in [0.4, 0.5) is 0 Å². The summed E-state index contributed by atoms with van der Waals surface area (Å²) in [5, 5.41) is 7.42. The Kier molecular flexibility index (Phi) is 10.9. The first-order valence-corrected chi connectivity index (χ1v) is 7.68. The molecule has 1 rings (SSSR count). The third-order valence-corrected chi connectivity index (χ3v) is 2.90. The van der Waals surface area contributed by atoms with E-state index in [0.29, 0.717) is 13.2 Å². The van der Waals surface area contributed by atoms with Crippen LogP contribution in [0.5, 0.6) is 5.75 Å². The number of ether oxygens (including phenoxy) is 2. The second-order valence-electron chi connectivity index (χ2n) is 4.77. The molecule has 0 atom stereocenters. The number of carbonyl (C=O) groups is 3. The molecule has 7 heteroatoms. The fraction of sp³-hybridized carbons (Fsp3) is 0.471. The van der Waals surface area contributed by atoms with Crippen molar-refractivity contribution in [3.05, 3.63) is 29.8 Å². The molecule has 0 radical (unpaired) electrons. The van der Waals surface area contributed by atoms with Crippen LogP contribution in [-0.4, -0.2) is 54.2 Å². The summed E-state index contributed by atoms with van der Waals surface area (Å²) >= 11 is 0. The Morgan fingerprint density at radius 3 is 2.12 bits per heavy atom. The molecule has 0 unspecified atom stereocenters. The number of aliphatic carboxylic acids is 1. The van der Waals surface area contributed by atoms with Crippen LogP contribution in [0.15, 0.2) is 24.3 Å². The van der Waals surface area contributed by atoms with E-state index in [1.165, 1.54) is 6.92 Å². The maximum absolute atomic E-state index is 12.0. The van der Waals surface area contributed by atoms with Gasteiger partial charge in [0, 0.05) is 20.4 Å². The fourth-order valence-electron chi connectivity index (χ4n) is 1.76. The number of benzene rings is 1. The molecule has 1 aromatic rings. The molecule has 0 aliphatic rings. The van der Waals surface area contributed by atoms with Gasteiger partial charge in [0.25, 0.3) is 5.97 Å². The zero-order valence-electron chi connectivity index (χ0n) is 14.6. The predicted octanol–water partition coefficient (Wildman–Crippen LogP) is 2.20. The Morgan fingerprint density at radius 2 is 1.62 bits per heavy atom. The van der Waals surface area contributed by atoms with E-state index >= 15 is 0 Å². The average Bonchev–Trinajstić information content (AvgIpc) is 2.51. The highest BCUT2D eigenvalue weighted by Crippen LogP contribution is 2.19. The summed E-state index contributed by atoms with van der Waals surface area (Å²) in [7, 11) is 0. The summed E-state index contributed by atoms with van der Waals surface area (Å²) in [5.41, 5.74) is 0.266. The first kappa shape index (κ1) is 21.6. The molecule has 134 valence electrons. The highest BCUT2D eigenvalue weighted by atomic mass is 16.5. The zero-order chi connectivity index (χ0) is 18.5. The van der Waals surface area contributed by atoms with Crippen LogP contribution in [-0.2, 0) is 14.3 Å². The molecule has 0 aliphatic heterocycles. The standard InChI is InChI=1S/C15H21NO4.C2H4O2/c1-4-16(5-2)10-11-19-15(18)13-8-6-7-9-14(13)20-12(3)17;1-2(3)4/h6-9H,4-5,10-11H2,1-3H3;1H3,(H,3,4). The molecule has 0 bridgehead atoms. The van der Waals surface area contributed by atoms with Gasteiger partial charge >= 0.3 is 11.9 Å². The maximum atomic E-state index is 12.0. The van der Waals surface area contributed by atoms with Crippen LogP contribution in [0.1, 0.15) is 38.1 Å². The van der Waals surface area contributed by atoms with Gasteiger partial charge in [-0.25, -0.2) is 4.79 Å². The number of hydrogen-bond acceptors (Lipinski definition) is 6. The number of hydrogen-bond donors (Lipinski definition) is 1. The number of rotatable bonds is 7. The molecule has 0 amide bonds. The molecule has 0 heterocycles. The lowest BCUT2D eigenvalue weighted by molar-refractivity contribution is -0.134. The van der Waals surface area contributed by atoms with Crippen molar-refractivity contribution in [1.82, 2.24) is 4.90 Å². The Bertz CT molecular complexity index is 536. The minimum Gasteiger partial charge on any atom is -0.481 e. The van der Waals surface area contributed by atoms with E-state index in [4.69, 9.17) is 19.4 Å². The van der Waals surface area contributed by atoms with Crippen LogP contribution < -0.4 is 4.74 Å². The Morgan fingerprint density at radius 1 is 1.08 bits per heavy atom. The molecule has 0 fully saturated rings. The van der Waals surface area contributed by atoms with Crippen LogP contribution in [0.25, 0.3) is 0 Å². The molecule has 1 aromatic carbocycles. The number of likely N-dealkylation sites (N-methyl/N-ethyl adjacent to an activating group) is 1. The summed E-state index contributed by atoms with van der Waals surface area (Å²) in [6, 6.07) is 6.55. The second kappa shape index (κ2) is 12.1. The van der Waals surface area contributed by atoms with E-state index < -0.39 is 17.9 Å². The van der Waals surface area contributed by atoms with Crippen LogP contribution in [0.2, 0.25) is 0 Å². The Balaban J connectivity index is 0.00000118. The molecule has 24 heavy (non-hydrogen) atoms. The number of para-hydroxylation sites is 1. The van der Waals surface area contributed by atoms with Gasteiger partial charge in [-0.1, -0.05) is 26.0 Å². The van der Waals surface area contributed by atoms with Crippen molar-refractivity contribution >= 4 is 17.9 Å². The van der Waals surface area contributed by atoms with E-state index in [1.54, 1.807) is 24.3 Å². The van der Waals surface area contributed by atoms with Gasteiger partial charge in [0.1, 0.15) is 17.9 Å². The van der Waals surface area contributed by atoms with Gasteiger partial charge in [-0.15, -0.1) is 0 Å². The van der Waals surface area contributed by atoms with Crippen molar-refractivity contribution < 1.29 is 29.0 Å². The summed E-state index contributed by atoms with van der Waals surface area (Å²) < 4.78 is 10.2. The van der Waals surface area contributed by atoms with E-state index in [9.17, 15) is 9.59 Å². The summed E-state index contributed by atoms with van der Waals surface area (Å²) in [6.45, 7) is 9.32. The third-order valence-electron chi connectivity index (χ3n) is 2.90. The average molecular weight is 339 g/mol. The van der Waals surface area contributed by atoms with Gasteiger partial charge in [-0.3, -0.25) is 9.59 Å². The van der Waals surface area contributed by atoms with Crippen LogP contribution in [0, 0.1) is 0 Å². The minimum atomic E-state index is -0.833. The fourth-order valence-corrected chi connectivity index (χ4v) is 1.76. The largest absolute Gasteiger partial charge is 0.481 e. The minimum absolute atomic E-state index is 0.229. The SMILES string of the molecule is CC(=O)O.CCN(CC)CCOC(=O)c1ccccc1OC(C)=O. The molecule has 0 aromatic heterocycles. The Hall–Kier alpha value is -2.41. The van der Waals surface area contributed by atoms with Crippen molar-refractivity contribution in [3.8, 4) is 5.75 Å². The van der Waals surface area contributed by atoms with Gasteiger partial charge in [0.2, 0.25) is 0 Å². The Labute approximate surface area is 142 Å². The summed E-state index contributed by atoms with van der Waals surface area (Å²) in [4.78, 5) is 34.1. The molecule has 1 N–H and O–H groups in total. The highest BCUT2D eigenvalue weighted by molar-refractivity contribution is 5.93. The lowest BCUT2D eigenvalue weighted by Crippen LogP contribution is -2.28. The third kappa shape index (κ3) is 9.58. The van der Waals surface area contributed by atoms with Crippen molar-refractivity contribution in [2.24, 2.45) is 0 Å². The molecular formula is C17H25NO6. The topological polar surface area (TPSA) is 93.1 Å². The molecule has 0 saturated carbocycles. The molecule has 7 nitrogen and oxygen atoms in total. The van der Waals surface area contributed by atoms with E-state index in [2.05, 4.69) is 18.7 Å². The lowest BCUT2D eigenvalue weighted by Gasteiger charge is -2.17. The number of carbonyl (C=O) groups excluding carboxylic acids is 2. The number of carboxylic acids is 1. The van der Waals surface area contributed by atoms with Crippen molar-refractivity contribution in [2.75, 3.05) is 26.2 Å². The number of nitrogens with zero attached hydrogens (tertiary/aromatic N) is 1. The lowest BCUT2D eigenvalue weighted by atomic mass is 10.2. The highest BCUT2D eigenvalue weighted by Gasteiger charge is 2.15. The van der Waals surface area contributed by atoms with E-state index in [0.717, 1.165) is 20.0 Å². The van der Waals surface area contributed by atoms with Gasteiger partial charge in [-0.2, -0.15) is 0 Å². The number of esters is 2. The maximum Gasteiger partial charge on any atom is 0.341 e. The van der Waals surface area contributed by atoms with Gasteiger partial charge in [-0.05, 0) is 25.2 Å². The monoisotopic (exact) mass is 339 g/mol. The smallest absolute Gasteiger partial charge is 0.341 e. The molecular weight excluding hydrogens is 314 g/mol. The predicted molar refractivity (Wildman–Crippen MR) is 89.1 cm³/mol. The van der Waals surface area contributed by atoms with E-state index in [1.807, 2.05) is 0 Å². The van der Waals surface area contributed by atoms with Crippen molar-refractivity contribution in [3.63, 3.8) is 0 Å². The normalized spacial score (nSPS) is 9.71. The number of carboxylic acid groups (broad SMARTS) is 1. The van der Waals surface area contributed by atoms with Gasteiger partial charge in [0.15, 0.2) is 0 Å². The summed E-state index contributed by atoms with van der Waals surface area (Å²) in [5.74, 6) is -1.55. The first-order valence-electron chi connectivity index (χ1n) is 7.68. The van der Waals surface area contributed by atoms with Crippen molar-refractivity contribution in [2.45, 2.75) is 27.7 Å². The van der Waals surface area contributed by atoms with Crippen molar-refractivity contribution in [1.29, 1.82) is 0 Å². The summed E-state index contributed by atoms with van der Waals surface area (Å²) in [6.07, 6.45) is 0. The van der Waals surface area contributed by atoms with E-state index in [-0.39, 0.29) is 11.3 Å². The quantitative estimate of drug-likeness (QED) is 0.601. The van der Waals surface area contributed by atoms with Gasteiger partial charge in [0.05, 0.1) is 0 Å². The molecule has 0 spiro atoms. The van der Waals surface area contributed by atoms with Crippen LogP contribution >= 0.6 is 0 Å². The molecule has 0 saturated heterocycles. The second-order valence-corrected chi connectivity index (χ2v) is 4.77. The zero-order valence-corrected chi connectivity index (χ0v) is 14.6. The first-order chi connectivity index (χ1) is 11.3. The van der Waals surface area contributed by atoms with Gasteiger partial charge < -0.3 is 19.5 Å².